The maximum absolute atomic E-state index is 13.2. The number of benzene rings is 2. The molecule has 1 aromatic heterocycles. The second-order valence-electron chi connectivity index (χ2n) is 11.4. The number of nitro benzene ring substituents is 1. The summed E-state index contributed by atoms with van der Waals surface area (Å²) < 4.78 is 50.9. The van der Waals surface area contributed by atoms with Crippen molar-refractivity contribution in [2.45, 2.75) is 63.8 Å². The molecule has 0 spiro atoms. The molecule has 9 nitrogen and oxygen atoms in total. The molecular weight excluding hydrogens is 565 g/mol. The van der Waals surface area contributed by atoms with Gasteiger partial charge in [-0.05, 0) is 74.9 Å². The quantitative estimate of drug-likeness (QED) is 0.137. The lowest BCUT2D eigenvalue weighted by Gasteiger charge is -2.28. The first-order valence-corrected chi connectivity index (χ1v) is 14.3. The van der Waals surface area contributed by atoms with Crippen LogP contribution in [0.4, 0.5) is 24.5 Å². The van der Waals surface area contributed by atoms with Crippen molar-refractivity contribution in [1.82, 2.24) is 10.3 Å². The second kappa shape index (κ2) is 14.0. The summed E-state index contributed by atoms with van der Waals surface area (Å²) in [6.45, 7) is 4.68. The minimum absolute atomic E-state index is 0.0676. The van der Waals surface area contributed by atoms with E-state index in [9.17, 15) is 28.4 Å². The Morgan fingerprint density at radius 3 is 2.49 bits per heavy atom. The van der Waals surface area contributed by atoms with Gasteiger partial charge >= 0.3 is 6.18 Å². The van der Waals surface area contributed by atoms with Crippen molar-refractivity contribution in [3.63, 3.8) is 0 Å². The summed E-state index contributed by atoms with van der Waals surface area (Å²) in [5, 5.41) is 28.8. The molecule has 1 saturated carbocycles. The van der Waals surface area contributed by atoms with Crippen LogP contribution in [0.3, 0.4) is 0 Å². The molecule has 0 radical (unpaired) electrons. The summed E-state index contributed by atoms with van der Waals surface area (Å²) in [6.07, 6.45) is 0.841. The zero-order chi connectivity index (χ0) is 31.0. The Kier molecular flexibility index (Phi) is 10.5. The van der Waals surface area contributed by atoms with Crippen LogP contribution in [0.2, 0.25) is 0 Å². The lowest BCUT2D eigenvalue weighted by atomic mass is 9.94. The highest BCUT2D eigenvalue weighted by Crippen LogP contribution is 2.37. The summed E-state index contributed by atoms with van der Waals surface area (Å²) in [7, 11) is 0. The van der Waals surface area contributed by atoms with Crippen LogP contribution in [0.15, 0.2) is 60.8 Å². The van der Waals surface area contributed by atoms with Gasteiger partial charge in [-0.1, -0.05) is 31.0 Å². The topological polar surface area (TPSA) is 119 Å². The lowest BCUT2D eigenvalue weighted by Crippen LogP contribution is -2.46. The van der Waals surface area contributed by atoms with Gasteiger partial charge in [0.15, 0.2) is 5.69 Å². The van der Waals surface area contributed by atoms with Crippen molar-refractivity contribution in [3.8, 4) is 17.4 Å². The fraction of sp³-hybridized carbons (Fsp3) is 0.452. The third-order valence-corrected chi connectivity index (χ3v) is 7.35. The summed E-state index contributed by atoms with van der Waals surface area (Å²) in [4.78, 5) is 14.9. The van der Waals surface area contributed by atoms with E-state index in [1.807, 2.05) is 13.8 Å². The summed E-state index contributed by atoms with van der Waals surface area (Å²) >= 11 is 0. The van der Waals surface area contributed by atoms with Crippen LogP contribution in [0.5, 0.6) is 17.4 Å². The first-order chi connectivity index (χ1) is 20.4. The molecule has 0 bridgehead atoms. The molecule has 1 fully saturated rings. The number of ether oxygens (including phenoxy) is 2. The Bertz CT molecular complexity index is 1360. The Morgan fingerprint density at radius 1 is 1.09 bits per heavy atom. The number of hydrogen-bond donors (Lipinski definition) is 3. The molecule has 3 N–H and O–H groups in total. The molecule has 2 aromatic carbocycles. The van der Waals surface area contributed by atoms with E-state index in [1.54, 1.807) is 36.4 Å². The zero-order valence-electron chi connectivity index (χ0n) is 24.2. The normalized spacial score (nSPS) is 14.8. The number of rotatable bonds is 14. The molecule has 0 unspecified atom stereocenters. The van der Waals surface area contributed by atoms with Gasteiger partial charge in [-0.2, -0.15) is 13.2 Å². The third-order valence-electron chi connectivity index (χ3n) is 7.35. The van der Waals surface area contributed by atoms with Gasteiger partial charge in [0.05, 0.1) is 4.92 Å². The van der Waals surface area contributed by atoms with Gasteiger partial charge < -0.3 is 25.2 Å². The summed E-state index contributed by atoms with van der Waals surface area (Å²) in [5.41, 5.74) is -0.240. The highest BCUT2D eigenvalue weighted by atomic mass is 19.4. The average molecular weight is 603 g/mol. The molecule has 0 amide bonds. The molecule has 0 aliphatic heterocycles. The van der Waals surface area contributed by atoms with E-state index in [1.165, 1.54) is 31.2 Å². The molecule has 1 heterocycles. The smallest absolute Gasteiger partial charge is 0.421 e. The van der Waals surface area contributed by atoms with E-state index in [4.69, 9.17) is 9.47 Å². The highest BCUT2D eigenvalue weighted by Gasteiger charge is 2.35. The predicted octanol–water partition coefficient (Wildman–Crippen LogP) is 6.75. The average Bonchev–Trinajstić information content (AvgIpc) is 3.48. The van der Waals surface area contributed by atoms with E-state index in [2.05, 4.69) is 15.6 Å². The van der Waals surface area contributed by atoms with E-state index < -0.39 is 34.2 Å². The van der Waals surface area contributed by atoms with Crippen LogP contribution in [-0.2, 0) is 12.6 Å². The van der Waals surface area contributed by atoms with Crippen LogP contribution >= 0.6 is 0 Å². The Labute approximate surface area is 248 Å². The van der Waals surface area contributed by atoms with Gasteiger partial charge in [-0.25, -0.2) is 4.98 Å². The fourth-order valence-corrected chi connectivity index (χ4v) is 5.12. The third kappa shape index (κ3) is 9.29. The number of aliphatic hydroxyl groups is 1. The minimum atomic E-state index is -4.58. The van der Waals surface area contributed by atoms with Crippen molar-refractivity contribution < 1.29 is 32.7 Å². The van der Waals surface area contributed by atoms with Crippen molar-refractivity contribution >= 4 is 11.4 Å². The first kappa shape index (κ1) is 32.0. The molecule has 12 heteroatoms. The van der Waals surface area contributed by atoms with Crippen molar-refractivity contribution in [3.05, 3.63) is 82.0 Å². The predicted molar refractivity (Wildman–Crippen MR) is 157 cm³/mol. The maximum Gasteiger partial charge on any atom is 0.421 e. The van der Waals surface area contributed by atoms with Crippen molar-refractivity contribution in [2.75, 3.05) is 25.0 Å². The minimum Gasteiger partial charge on any atom is -0.488 e. The van der Waals surface area contributed by atoms with Gasteiger partial charge in [-0.15, -0.1) is 0 Å². The van der Waals surface area contributed by atoms with Crippen molar-refractivity contribution in [1.29, 1.82) is 0 Å². The van der Waals surface area contributed by atoms with Gasteiger partial charge in [0.1, 0.15) is 29.8 Å². The SMILES string of the molecule is CC(C)(Cc1ccc(Oc2ncccc2C(F)(F)F)cc1)NC[C@H](O)COc1cccc([N+](=O)[O-])c1NCC1CCCC1. The number of aliphatic hydroxyl groups excluding tert-OH is 1. The standard InChI is InChI=1S/C31H37F3N4O5/c1-30(2,17-21-12-14-24(15-13-21)43-29-25(31(32,33)34)9-6-16-35-29)37-19-23(39)20-42-27-11-5-10-26(38(40)41)28(27)36-18-22-7-3-4-8-22/h5-6,9-16,22-23,36-37,39H,3-4,7-8,17-20H2,1-2H3/t23-/m0/s1. The van der Waals surface area contributed by atoms with Crippen LogP contribution < -0.4 is 20.1 Å². The van der Waals surface area contributed by atoms with Crippen LogP contribution in [0.25, 0.3) is 0 Å². The van der Waals surface area contributed by atoms with Gasteiger partial charge in [0, 0.05) is 30.9 Å². The highest BCUT2D eigenvalue weighted by molar-refractivity contribution is 5.70. The van der Waals surface area contributed by atoms with E-state index >= 15 is 0 Å². The van der Waals surface area contributed by atoms with E-state index in [0.29, 0.717) is 30.3 Å². The number of pyridine rings is 1. The van der Waals surface area contributed by atoms with Gasteiger partial charge in [0.25, 0.3) is 5.69 Å². The van der Waals surface area contributed by atoms with Crippen LogP contribution in [0, 0.1) is 16.0 Å². The van der Waals surface area contributed by atoms with Crippen molar-refractivity contribution in [2.24, 2.45) is 5.92 Å². The Hall–Kier alpha value is -3.90. The zero-order valence-corrected chi connectivity index (χ0v) is 24.2. The summed E-state index contributed by atoms with van der Waals surface area (Å²) in [6, 6.07) is 13.5. The number of hydrogen-bond acceptors (Lipinski definition) is 8. The molecule has 3 aromatic rings. The number of para-hydroxylation sites is 1. The molecule has 232 valence electrons. The second-order valence-corrected chi connectivity index (χ2v) is 11.4. The molecular formula is C31H37F3N4O5. The summed E-state index contributed by atoms with van der Waals surface area (Å²) in [5.74, 6) is 0.504. The van der Waals surface area contributed by atoms with Gasteiger partial charge in [-0.3, -0.25) is 10.1 Å². The Balaban J connectivity index is 1.29. The number of aromatic nitrogens is 1. The molecule has 1 aliphatic carbocycles. The lowest BCUT2D eigenvalue weighted by molar-refractivity contribution is -0.384. The number of β-amino-alcohol motifs (C(OH)–C–C–N with tert-alkyl or cyclic N) is 1. The van der Waals surface area contributed by atoms with E-state index in [0.717, 1.165) is 24.5 Å². The Morgan fingerprint density at radius 2 is 1.81 bits per heavy atom. The maximum atomic E-state index is 13.2. The number of anilines is 1. The van der Waals surface area contributed by atoms with Gasteiger partial charge in [0.2, 0.25) is 5.88 Å². The molecule has 1 aliphatic rings. The molecule has 1 atom stereocenters. The number of halogens is 3. The first-order valence-electron chi connectivity index (χ1n) is 14.3. The number of nitrogens with one attached hydrogen (secondary N) is 2. The monoisotopic (exact) mass is 602 g/mol. The van der Waals surface area contributed by atoms with E-state index in [-0.39, 0.29) is 24.6 Å². The van der Waals surface area contributed by atoms with Crippen LogP contribution in [0.1, 0.15) is 50.7 Å². The number of nitro groups is 1. The fourth-order valence-electron chi connectivity index (χ4n) is 5.12. The largest absolute Gasteiger partial charge is 0.488 e. The number of nitrogens with zero attached hydrogens (tertiary/aromatic N) is 2. The molecule has 43 heavy (non-hydrogen) atoms. The molecule has 0 saturated heterocycles. The van der Waals surface area contributed by atoms with Crippen LogP contribution in [-0.4, -0.2) is 46.4 Å². The number of alkyl halides is 3. The molecule has 4 rings (SSSR count).